The molecular weight excluding hydrogens is 302 g/mol. The molecule has 86 valence electrons. The third-order valence-corrected chi connectivity index (χ3v) is 3.45. The number of nitrogens with one attached hydrogen (secondary N) is 1. The van der Waals surface area contributed by atoms with Crippen LogP contribution in [0.1, 0.15) is 10.4 Å². The van der Waals surface area contributed by atoms with Crippen molar-refractivity contribution in [3.63, 3.8) is 0 Å². The lowest BCUT2D eigenvalue weighted by Crippen LogP contribution is -2.11. The summed E-state index contributed by atoms with van der Waals surface area (Å²) in [7, 11) is 0. The number of anilines is 1. The number of amides is 1. The Morgan fingerprint density at radius 2 is 1.82 bits per heavy atom. The smallest absolute Gasteiger partial charge is 0.255 e. The van der Waals surface area contributed by atoms with E-state index in [1.54, 1.807) is 18.2 Å². The van der Waals surface area contributed by atoms with Crippen LogP contribution < -0.4 is 5.32 Å². The van der Waals surface area contributed by atoms with E-state index in [4.69, 9.17) is 11.6 Å². The van der Waals surface area contributed by atoms with Crippen LogP contribution in [0.25, 0.3) is 0 Å². The van der Waals surface area contributed by atoms with Crippen LogP contribution in [0.2, 0.25) is 5.02 Å². The molecule has 2 nitrogen and oxygen atoms in total. The normalized spacial score (nSPS) is 10.0. The third-order valence-electron chi connectivity index (χ3n) is 2.21. The van der Waals surface area contributed by atoms with Gasteiger partial charge in [-0.3, -0.25) is 4.79 Å². The number of hydrogen-bond donors (Lipinski definition) is 1. The van der Waals surface area contributed by atoms with Crippen LogP contribution in [-0.4, -0.2) is 5.91 Å². The van der Waals surface area contributed by atoms with E-state index in [0.29, 0.717) is 10.6 Å². The van der Waals surface area contributed by atoms with Crippen molar-refractivity contribution in [1.82, 2.24) is 0 Å². The second kappa shape index (κ2) is 5.34. The van der Waals surface area contributed by atoms with E-state index in [1.807, 2.05) is 30.3 Å². The van der Waals surface area contributed by atoms with E-state index in [-0.39, 0.29) is 5.91 Å². The van der Waals surface area contributed by atoms with Crippen molar-refractivity contribution in [2.45, 2.75) is 0 Å². The van der Waals surface area contributed by atoms with Crippen LogP contribution in [-0.2, 0) is 0 Å². The van der Waals surface area contributed by atoms with Gasteiger partial charge in [0.15, 0.2) is 0 Å². The van der Waals surface area contributed by atoms with Gasteiger partial charge >= 0.3 is 0 Å². The summed E-state index contributed by atoms with van der Waals surface area (Å²) in [5.41, 5.74) is 1.29. The lowest BCUT2D eigenvalue weighted by molar-refractivity contribution is 0.102. The molecule has 0 saturated carbocycles. The monoisotopic (exact) mass is 309 g/mol. The van der Waals surface area contributed by atoms with Gasteiger partial charge in [-0.2, -0.15) is 0 Å². The maximum absolute atomic E-state index is 11.9. The first kappa shape index (κ1) is 12.1. The van der Waals surface area contributed by atoms with Gasteiger partial charge in [0.2, 0.25) is 0 Å². The zero-order chi connectivity index (χ0) is 12.3. The standard InChI is InChI=1S/C13H9BrClNO/c14-11-7-6-9(8-12(11)15)13(17)16-10-4-2-1-3-5-10/h1-8H,(H,16,17). The molecule has 1 N–H and O–H groups in total. The molecule has 0 bridgehead atoms. The first-order chi connectivity index (χ1) is 8.16. The average molecular weight is 311 g/mol. The maximum Gasteiger partial charge on any atom is 0.255 e. The zero-order valence-electron chi connectivity index (χ0n) is 8.78. The van der Waals surface area contributed by atoms with Crippen LogP contribution in [0.15, 0.2) is 53.0 Å². The zero-order valence-corrected chi connectivity index (χ0v) is 11.1. The number of para-hydroxylation sites is 1. The predicted octanol–water partition coefficient (Wildman–Crippen LogP) is 4.35. The summed E-state index contributed by atoms with van der Waals surface area (Å²) < 4.78 is 0.774. The second-order valence-corrected chi connectivity index (χ2v) is 4.71. The summed E-state index contributed by atoms with van der Waals surface area (Å²) in [6, 6.07) is 14.4. The average Bonchev–Trinajstić information content (AvgIpc) is 2.34. The highest BCUT2D eigenvalue weighted by Crippen LogP contribution is 2.23. The topological polar surface area (TPSA) is 29.1 Å². The second-order valence-electron chi connectivity index (χ2n) is 3.45. The van der Waals surface area contributed by atoms with Crippen LogP contribution in [0.5, 0.6) is 0 Å². The molecule has 0 heterocycles. The summed E-state index contributed by atoms with van der Waals surface area (Å²) >= 11 is 9.22. The van der Waals surface area contributed by atoms with Crippen LogP contribution in [0, 0.1) is 0 Å². The van der Waals surface area contributed by atoms with E-state index in [2.05, 4.69) is 21.2 Å². The van der Waals surface area contributed by atoms with Crippen molar-refractivity contribution >= 4 is 39.1 Å². The number of carbonyl (C=O) groups is 1. The van der Waals surface area contributed by atoms with E-state index in [1.165, 1.54) is 0 Å². The number of carbonyl (C=O) groups excluding carboxylic acids is 1. The summed E-state index contributed by atoms with van der Waals surface area (Å²) in [5.74, 6) is -0.175. The number of rotatable bonds is 2. The molecule has 0 aliphatic rings. The molecule has 2 aromatic rings. The van der Waals surface area contributed by atoms with Gasteiger partial charge in [-0.05, 0) is 46.3 Å². The molecular formula is C13H9BrClNO. The van der Waals surface area contributed by atoms with Gasteiger partial charge in [0.05, 0.1) is 5.02 Å². The Balaban J connectivity index is 2.18. The van der Waals surface area contributed by atoms with Gasteiger partial charge < -0.3 is 5.32 Å². The molecule has 0 saturated heterocycles. The van der Waals surface area contributed by atoms with Gasteiger partial charge in [0.1, 0.15) is 0 Å². The fourth-order valence-electron chi connectivity index (χ4n) is 1.36. The fraction of sp³-hybridized carbons (Fsp3) is 0. The van der Waals surface area contributed by atoms with Crippen LogP contribution >= 0.6 is 27.5 Å². The van der Waals surface area contributed by atoms with Gasteiger partial charge in [0, 0.05) is 15.7 Å². The SMILES string of the molecule is O=C(Nc1ccccc1)c1ccc(Br)c(Cl)c1. The van der Waals surface area contributed by atoms with Crippen molar-refractivity contribution in [3.05, 3.63) is 63.6 Å². The lowest BCUT2D eigenvalue weighted by Gasteiger charge is -2.05. The minimum atomic E-state index is -0.175. The minimum absolute atomic E-state index is 0.175. The van der Waals surface area contributed by atoms with E-state index in [0.717, 1.165) is 10.2 Å². The Hall–Kier alpha value is -1.32. The minimum Gasteiger partial charge on any atom is -0.322 e. The molecule has 0 radical (unpaired) electrons. The predicted molar refractivity (Wildman–Crippen MR) is 73.5 cm³/mol. The molecule has 0 aliphatic carbocycles. The maximum atomic E-state index is 11.9. The van der Waals surface area contributed by atoms with Crippen molar-refractivity contribution in [2.24, 2.45) is 0 Å². The fourth-order valence-corrected chi connectivity index (χ4v) is 1.79. The van der Waals surface area contributed by atoms with E-state index >= 15 is 0 Å². The van der Waals surface area contributed by atoms with Gasteiger partial charge in [-0.15, -0.1) is 0 Å². The third kappa shape index (κ3) is 3.08. The first-order valence-corrected chi connectivity index (χ1v) is 6.15. The van der Waals surface area contributed by atoms with Gasteiger partial charge in [0.25, 0.3) is 5.91 Å². The Kier molecular flexibility index (Phi) is 3.82. The van der Waals surface area contributed by atoms with Crippen molar-refractivity contribution in [3.8, 4) is 0 Å². The lowest BCUT2D eigenvalue weighted by atomic mass is 10.2. The number of benzene rings is 2. The van der Waals surface area contributed by atoms with Crippen molar-refractivity contribution in [2.75, 3.05) is 5.32 Å². The highest BCUT2D eigenvalue weighted by Gasteiger charge is 2.07. The summed E-state index contributed by atoms with van der Waals surface area (Å²) in [5, 5.41) is 3.31. The summed E-state index contributed by atoms with van der Waals surface area (Å²) in [6.07, 6.45) is 0. The Bertz CT molecular complexity index is 542. The summed E-state index contributed by atoms with van der Waals surface area (Å²) in [6.45, 7) is 0. The molecule has 1 amide bonds. The molecule has 0 fully saturated rings. The largest absolute Gasteiger partial charge is 0.322 e. The van der Waals surface area contributed by atoms with Crippen molar-refractivity contribution in [1.29, 1.82) is 0 Å². The van der Waals surface area contributed by atoms with Gasteiger partial charge in [-0.25, -0.2) is 0 Å². The molecule has 0 aromatic heterocycles. The molecule has 4 heteroatoms. The Morgan fingerprint density at radius 1 is 1.12 bits per heavy atom. The molecule has 0 unspecified atom stereocenters. The molecule has 2 rings (SSSR count). The number of halogens is 2. The molecule has 0 atom stereocenters. The van der Waals surface area contributed by atoms with Crippen LogP contribution in [0.3, 0.4) is 0 Å². The summed E-state index contributed by atoms with van der Waals surface area (Å²) in [4.78, 5) is 11.9. The molecule has 0 spiro atoms. The van der Waals surface area contributed by atoms with Crippen molar-refractivity contribution < 1.29 is 4.79 Å². The Labute approximate surface area is 113 Å². The quantitative estimate of drug-likeness (QED) is 0.877. The molecule has 0 aliphatic heterocycles. The molecule has 2 aromatic carbocycles. The van der Waals surface area contributed by atoms with E-state index in [9.17, 15) is 4.79 Å². The first-order valence-electron chi connectivity index (χ1n) is 4.98. The highest BCUT2D eigenvalue weighted by atomic mass is 79.9. The highest BCUT2D eigenvalue weighted by molar-refractivity contribution is 9.10. The van der Waals surface area contributed by atoms with Gasteiger partial charge in [-0.1, -0.05) is 29.8 Å². The van der Waals surface area contributed by atoms with E-state index < -0.39 is 0 Å². The van der Waals surface area contributed by atoms with Crippen LogP contribution in [0.4, 0.5) is 5.69 Å². The number of hydrogen-bond acceptors (Lipinski definition) is 1. The Morgan fingerprint density at radius 3 is 2.47 bits per heavy atom. The molecule has 17 heavy (non-hydrogen) atoms.